The number of ether oxygens (including phenoxy) is 2. The molecule has 0 aromatic heterocycles. The first-order valence-electron chi connectivity index (χ1n) is 8.25. The van der Waals surface area contributed by atoms with Crippen molar-refractivity contribution in [3.05, 3.63) is 24.3 Å². The number of anilines is 1. The second-order valence-electron chi connectivity index (χ2n) is 5.73. The number of carbonyl (C=O) groups excluding carboxylic acids is 2. The first kappa shape index (κ1) is 18.2. The molecule has 1 aromatic carbocycles. The number of nitrogens with one attached hydrogen (secondary N) is 2. The van der Waals surface area contributed by atoms with Crippen LogP contribution in [0.5, 0.6) is 5.75 Å². The Labute approximate surface area is 142 Å². The maximum Gasteiger partial charge on any atom is 0.279 e. The van der Waals surface area contributed by atoms with E-state index in [0.717, 1.165) is 4.90 Å². The second kappa shape index (κ2) is 9.24. The molecule has 0 aliphatic carbocycles. The number of quaternary nitrogens is 1. The van der Waals surface area contributed by atoms with E-state index in [0.29, 0.717) is 50.8 Å². The van der Waals surface area contributed by atoms with Crippen molar-refractivity contribution in [2.75, 3.05) is 58.4 Å². The fraction of sp³-hybridized carbons (Fsp3) is 0.529. The predicted octanol–water partition coefficient (Wildman–Crippen LogP) is -0.603. The minimum atomic E-state index is -0.116. The summed E-state index contributed by atoms with van der Waals surface area (Å²) in [6.45, 7) is 5.69. The molecule has 24 heavy (non-hydrogen) atoms. The molecule has 132 valence electrons. The number of carbonyl (C=O) groups is 2. The van der Waals surface area contributed by atoms with Crippen LogP contribution in [0.4, 0.5) is 5.69 Å². The van der Waals surface area contributed by atoms with Gasteiger partial charge in [-0.2, -0.15) is 0 Å². The summed E-state index contributed by atoms with van der Waals surface area (Å²) in [5.41, 5.74) is 0.689. The number of amides is 2. The van der Waals surface area contributed by atoms with Crippen LogP contribution in [-0.2, 0) is 14.3 Å². The topological polar surface area (TPSA) is 72.3 Å². The van der Waals surface area contributed by atoms with Crippen molar-refractivity contribution >= 4 is 17.5 Å². The number of hydrogen-bond acceptors (Lipinski definition) is 4. The Morgan fingerprint density at radius 2 is 2.04 bits per heavy atom. The predicted molar refractivity (Wildman–Crippen MR) is 90.3 cm³/mol. The number of likely N-dealkylation sites (N-methyl/N-ethyl adjacent to an activating group) is 1. The van der Waals surface area contributed by atoms with Crippen LogP contribution in [0.2, 0.25) is 0 Å². The van der Waals surface area contributed by atoms with Gasteiger partial charge >= 0.3 is 0 Å². The van der Waals surface area contributed by atoms with Gasteiger partial charge in [-0.1, -0.05) is 6.07 Å². The van der Waals surface area contributed by atoms with Gasteiger partial charge < -0.3 is 24.6 Å². The van der Waals surface area contributed by atoms with Crippen LogP contribution in [0.25, 0.3) is 0 Å². The van der Waals surface area contributed by atoms with E-state index in [1.165, 1.54) is 0 Å². The van der Waals surface area contributed by atoms with E-state index in [2.05, 4.69) is 5.32 Å². The van der Waals surface area contributed by atoms with Crippen LogP contribution in [0.1, 0.15) is 6.92 Å². The summed E-state index contributed by atoms with van der Waals surface area (Å²) < 4.78 is 10.4. The van der Waals surface area contributed by atoms with Crippen molar-refractivity contribution < 1.29 is 24.0 Å². The lowest BCUT2D eigenvalue weighted by Gasteiger charge is -2.28. The lowest BCUT2D eigenvalue weighted by Crippen LogP contribution is -3.14. The molecule has 1 aliphatic rings. The Morgan fingerprint density at radius 3 is 2.71 bits per heavy atom. The molecule has 7 nitrogen and oxygen atoms in total. The van der Waals surface area contributed by atoms with Crippen LogP contribution in [-0.4, -0.2) is 69.8 Å². The third-order valence-electron chi connectivity index (χ3n) is 4.03. The molecule has 2 amide bonds. The molecule has 1 atom stereocenters. The summed E-state index contributed by atoms with van der Waals surface area (Å²) in [4.78, 5) is 27.3. The van der Waals surface area contributed by atoms with Gasteiger partial charge in [-0.25, -0.2) is 0 Å². The zero-order valence-corrected chi connectivity index (χ0v) is 14.3. The average molecular weight is 336 g/mol. The van der Waals surface area contributed by atoms with Crippen LogP contribution >= 0.6 is 0 Å². The number of methoxy groups -OCH3 is 1. The molecule has 1 heterocycles. The van der Waals surface area contributed by atoms with Gasteiger partial charge in [0, 0.05) is 24.8 Å². The zero-order chi connectivity index (χ0) is 17.4. The molecule has 2 N–H and O–H groups in total. The number of morpholine rings is 1. The van der Waals surface area contributed by atoms with Crippen LogP contribution < -0.4 is 15.0 Å². The normalized spacial score (nSPS) is 15.7. The second-order valence-corrected chi connectivity index (χ2v) is 5.73. The van der Waals surface area contributed by atoms with Crippen molar-refractivity contribution in [2.24, 2.45) is 0 Å². The summed E-state index contributed by atoms with van der Waals surface area (Å²) in [6, 6.07) is 7.22. The number of rotatable bonds is 7. The van der Waals surface area contributed by atoms with E-state index in [9.17, 15) is 9.59 Å². The molecule has 1 unspecified atom stereocenters. The molecule has 7 heteroatoms. The highest BCUT2D eigenvalue weighted by molar-refractivity contribution is 5.91. The van der Waals surface area contributed by atoms with Crippen molar-refractivity contribution in [3.63, 3.8) is 0 Å². The summed E-state index contributed by atoms with van der Waals surface area (Å²) >= 11 is 0. The molecule has 1 saturated heterocycles. The highest BCUT2D eigenvalue weighted by atomic mass is 16.5. The lowest BCUT2D eigenvalue weighted by atomic mass is 10.3. The Bertz CT molecular complexity index is 559. The number of nitrogens with zero attached hydrogens (tertiary/aromatic N) is 1. The molecule has 1 aromatic rings. The van der Waals surface area contributed by atoms with E-state index in [1.807, 2.05) is 25.1 Å². The summed E-state index contributed by atoms with van der Waals surface area (Å²) in [5.74, 6) is 0.647. The third kappa shape index (κ3) is 5.50. The zero-order valence-electron chi connectivity index (χ0n) is 14.3. The Kier molecular flexibility index (Phi) is 7.02. The summed E-state index contributed by atoms with van der Waals surface area (Å²) in [5, 5.41) is 2.85. The molecule has 1 aliphatic heterocycles. The smallest absolute Gasteiger partial charge is 0.279 e. The van der Waals surface area contributed by atoms with E-state index in [-0.39, 0.29) is 18.4 Å². The highest BCUT2D eigenvalue weighted by Gasteiger charge is 2.22. The van der Waals surface area contributed by atoms with Crippen LogP contribution in [0.3, 0.4) is 0 Å². The first-order valence-corrected chi connectivity index (χ1v) is 8.25. The van der Waals surface area contributed by atoms with Gasteiger partial charge in [-0.05, 0) is 19.1 Å². The largest absolute Gasteiger partial charge is 0.497 e. The highest BCUT2D eigenvalue weighted by Crippen LogP contribution is 2.16. The van der Waals surface area contributed by atoms with Gasteiger partial charge in [0.2, 0.25) is 0 Å². The maximum absolute atomic E-state index is 12.3. The minimum Gasteiger partial charge on any atom is -0.497 e. The van der Waals surface area contributed by atoms with Crippen LogP contribution in [0, 0.1) is 0 Å². The maximum atomic E-state index is 12.3. The standard InChI is InChI=1S/C17H25N3O4/c1-3-19(13-17(22)20-7-9-24-10-8-20)12-16(21)18-14-5-4-6-15(11-14)23-2/h4-6,11H,3,7-10,12-13H2,1-2H3,(H,18,21)/p+1. The van der Waals surface area contributed by atoms with E-state index < -0.39 is 0 Å². The quantitative estimate of drug-likeness (QED) is 0.697. The summed E-state index contributed by atoms with van der Waals surface area (Å²) in [7, 11) is 1.58. The lowest BCUT2D eigenvalue weighted by molar-refractivity contribution is -0.882. The Balaban J connectivity index is 1.84. The molecule has 0 radical (unpaired) electrons. The van der Waals surface area contributed by atoms with E-state index >= 15 is 0 Å². The molecular formula is C17H26N3O4+. The van der Waals surface area contributed by atoms with Crippen molar-refractivity contribution in [1.82, 2.24) is 4.90 Å². The van der Waals surface area contributed by atoms with Gasteiger partial charge in [-0.3, -0.25) is 9.59 Å². The van der Waals surface area contributed by atoms with Crippen molar-refractivity contribution in [2.45, 2.75) is 6.92 Å². The molecule has 0 bridgehead atoms. The van der Waals surface area contributed by atoms with Gasteiger partial charge in [0.05, 0.1) is 26.9 Å². The van der Waals surface area contributed by atoms with Gasteiger partial charge in [0.1, 0.15) is 5.75 Å². The SMILES string of the molecule is CC[NH+](CC(=O)Nc1cccc(OC)c1)CC(=O)N1CCOCC1. The average Bonchev–Trinajstić information content (AvgIpc) is 2.61. The van der Waals surface area contributed by atoms with E-state index in [1.54, 1.807) is 18.1 Å². The molecule has 1 fully saturated rings. The first-order chi connectivity index (χ1) is 11.6. The van der Waals surface area contributed by atoms with Gasteiger partial charge in [-0.15, -0.1) is 0 Å². The number of hydrogen-bond donors (Lipinski definition) is 2. The van der Waals surface area contributed by atoms with Crippen molar-refractivity contribution in [1.29, 1.82) is 0 Å². The monoisotopic (exact) mass is 336 g/mol. The molecule has 0 saturated carbocycles. The molecule has 0 spiro atoms. The minimum absolute atomic E-state index is 0.0735. The fourth-order valence-corrected chi connectivity index (χ4v) is 2.58. The number of benzene rings is 1. The molecular weight excluding hydrogens is 310 g/mol. The van der Waals surface area contributed by atoms with Crippen LogP contribution in [0.15, 0.2) is 24.3 Å². The van der Waals surface area contributed by atoms with Gasteiger partial charge in [0.25, 0.3) is 11.8 Å². The van der Waals surface area contributed by atoms with Crippen molar-refractivity contribution in [3.8, 4) is 5.75 Å². The van der Waals surface area contributed by atoms with Gasteiger partial charge in [0.15, 0.2) is 13.1 Å². The third-order valence-corrected chi connectivity index (χ3v) is 4.03. The Morgan fingerprint density at radius 1 is 1.29 bits per heavy atom. The van der Waals surface area contributed by atoms with E-state index in [4.69, 9.17) is 9.47 Å². The fourth-order valence-electron chi connectivity index (χ4n) is 2.58. The summed E-state index contributed by atoms with van der Waals surface area (Å²) in [6.07, 6.45) is 0. The molecule has 2 rings (SSSR count). The Hall–Kier alpha value is -2.12.